The molecule has 5 heteroatoms. The first-order valence-corrected chi connectivity index (χ1v) is 6.02. The van der Waals surface area contributed by atoms with Crippen LogP contribution in [0.5, 0.6) is 0 Å². The van der Waals surface area contributed by atoms with Gasteiger partial charge in [0.15, 0.2) is 11.4 Å². The monoisotopic (exact) mass is 271 g/mol. The Kier molecular flexibility index (Phi) is 2.95. The molecule has 0 radical (unpaired) electrons. The van der Waals surface area contributed by atoms with E-state index in [-0.39, 0.29) is 18.0 Å². The molecule has 0 saturated heterocycles. The lowest BCUT2D eigenvalue weighted by atomic mass is 10.0. The zero-order valence-corrected chi connectivity index (χ0v) is 10.4. The van der Waals surface area contributed by atoms with Crippen molar-refractivity contribution < 1.29 is 13.6 Å². The van der Waals surface area contributed by atoms with E-state index < -0.39 is 5.76 Å². The summed E-state index contributed by atoms with van der Waals surface area (Å²) in [6.07, 6.45) is 0.167. The third-order valence-corrected chi connectivity index (χ3v) is 3.02. The van der Waals surface area contributed by atoms with Crippen LogP contribution < -0.4 is 5.76 Å². The van der Waals surface area contributed by atoms with Crippen LogP contribution in [0.15, 0.2) is 51.7 Å². The van der Waals surface area contributed by atoms with E-state index >= 15 is 0 Å². The van der Waals surface area contributed by atoms with E-state index in [1.807, 2.05) is 0 Å². The Bertz CT molecular complexity index is 830. The fourth-order valence-corrected chi connectivity index (χ4v) is 2.01. The lowest BCUT2D eigenvalue weighted by Gasteiger charge is -2.01. The Morgan fingerprint density at radius 1 is 1.15 bits per heavy atom. The van der Waals surface area contributed by atoms with Crippen molar-refractivity contribution in [2.45, 2.75) is 6.42 Å². The predicted octanol–water partition coefficient (Wildman–Crippen LogP) is 2.69. The topological polar surface area (TPSA) is 63.1 Å². The van der Waals surface area contributed by atoms with Gasteiger partial charge in [-0.25, -0.2) is 9.18 Å². The van der Waals surface area contributed by atoms with E-state index in [2.05, 4.69) is 4.98 Å². The van der Waals surface area contributed by atoms with Gasteiger partial charge in [0.1, 0.15) is 5.82 Å². The van der Waals surface area contributed by atoms with Crippen molar-refractivity contribution in [3.8, 4) is 0 Å². The molecule has 0 unspecified atom stereocenters. The first kappa shape index (κ1) is 12.3. The molecule has 0 atom stereocenters. The first-order chi connectivity index (χ1) is 9.61. The van der Waals surface area contributed by atoms with Gasteiger partial charge in [0.2, 0.25) is 0 Å². The van der Waals surface area contributed by atoms with Gasteiger partial charge in [0.25, 0.3) is 0 Å². The van der Waals surface area contributed by atoms with Gasteiger partial charge in [-0.3, -0.25) is 9.78 Å². The molecule has 0 aliphatic heterocycles. The molecule has 4 nitrogen and oxygen atoms in total. The Morgan fingerprint density at radius 3 is 2.65 bits per heavy atom. The van der Waals surface area contributed by atoms with Crippen molar-refractivity contribution in [2.24, 2.45) is 0 Å². The predicted molar refractivity (Wildman–Crippen MR) is 71.3 cm³/mol. The molecule has 0 spiro atoms. The summed E-state index contributed by atoms with van der Waals surface area (Å²) in [7, 11) is 0. The molecule has 1 aromatic heterocycles. The number of aromatic amines is 1. The zero-order chi connectivity index (χ0) is 14.1. The number of benzene rings is 2. The van der Waals surface area contributed by atoms with E-state index in [9.17, 15) is 14.0 Å². The number of rotatable bonds is 3. The average Bonchev–Trinajstić information content (AvgIpc) is 2.80. The summed E-state index contributed by atoms with van der Waals surface area (Å²) < 4.78 is 17.7. The molecule has 20 heavy (non-hydrogen) atoms. The maximum atomic E-state index is 12.8. The molecule has 3 aromatic rings. The average molecular weight is 271 g/mol. The van der Waals surface area contributed by atoms with Crippen molar-refractivity contribution in [1.82, 2.24) is 4.98 Å². The highest BCUT2D eigenvalue weighted by Gasteiger charge is 2.10. The minimum atomic E-state index is -0.553. The third kappa shape index (κ3) is 2.38. The number of ketones is 1. The van der Waals surface area contributed by atoms with Crippen molar-refractivity contribution in [2.75, 3.05) is 0 Å². The number of carbonyl (C=O) groups excluding carboxylic acids is 1. The van der Waals surface area contributed by atoms with Gasteiger partial charge in [-0.1, -0.05) is 12.1 Å². The van der Waals surface area contributed by atoms with Crippen LogP contribution in [-0.2, 0) is 6.42 Å². The summed E-state index contributed by atoms with van der Waals surface area (Å²) >= 11 is 0. The fourth-order valence-electron chi connectivity index (χ4n) is 2.01. The normalized spacial score (nSPS) is 10.8. The highest BCUT2D eigenvalue weighted by molar-refractivity contribution is 5.99. The summed E-state index contributed by atoms with van der Waals surface area (Å²) in [6, 6.07) is 10.6. The number of Topliss-reactive ketones (excluding diaryl/α,β-unsaturated/α-hetero) is 1. The first-order valence-electron chi connectivity index (χ1n) is 6.02. The number of halogens is 1. The van der Waals surface area contributed by atoms with Crippen LogP contribution in [0.1, 0.15) is 15.9 Å². The molecule has 3 rings (SSSR count). The number of fused-ring (bicyclic) bond motifs is 1. The summed E-state index contributed by atoms with van der Waals surface area (Å²) in [4.78, 5) is 25.7. The second-order valence-corrected chi connectivity index (χ2v) is 4.45. The van der Waals surface area contributed by atoms with E-state index in [0.717, 1.165) is 5.56 Å². The second kappa shape index (κ2) is 4.77. The Hall–Kier alpha value is -2.69. The molecule has 1 N–H and O–H groups in total. The van der Waals surface area contributed by atoms with Gasteiger partial charge in [-0.2, -0.15) is 0 Å². The summed E-state index contributed by atoms with van der Waals surface area (Å²) in [5, 5.41) is 0. The zero-order valence-electron chi connectivity index (χ0n) is 10.4. The molecule has 0 aliphatic carbocycles. The number of H-pyrrole nitrogens is 1. The second-order valence-electron chi connectivity index (χ2n) is 4.45. The van der Waals surface area contributed by atoms with E-state index in [1.54, 1.807) is 24.3 Å². The molecular formula is C15H10FNO3. The van der Waals surface area contributed by atoms with E-state index in [1.165, 1.54) is 18.2 Å². The standard InChI is InChI=1S/C15H10FNO3/c16-11-4-1-9(2-5-11)7-13(18)10-3-6-12-14(8-10)20-15(19)17-12/h1-6,8H,7H2,(H,17,19). The molecule has 0 fully saturated rings. The van der Waals surface area contributed by atoms with Gasteiger partial charge in [0, 0.05) is 12.0 Å². The molecule has 1 heterocycles. The largest absolute Gasteiger partial charge is 0.417 e. The smallest absolute Gasteiger partial charge is 0.408 e. The molecule has 0 aliphatic rings. The molecule has 2 aromatic carbocycles. The highest BCUT2D eigenvalue weighted by atomic mass is 19.1. The SMILES string of the molecule is O=C(Cc1ccc(F)cc1)c1ccc2[nH]c(=O)oc2c1. The number of hydrogen-bond acceptors (Lipinski definition) is 3. The maximum Gasteiger partial charge on any atom is 0.417 e. The van der Waals surface area contributed by atoms with Crippen LogP contribution in [0, 0.1) is 5.82 Å². The lowest BCUT2D eigenvalue weighted by molar-refractivity contribution is 0.0993. The van der Waals surface area contributed by atoms with Gasteiger partial charge >= 0.3 is 5.76 Å². The van der Waals surface area contributed by atoms with Gasteiger partial charge in [0.05, 0.1) is 5.52 Å². The van der Waals surface area contributed by atoms with E-state index in [4.69, 9.17) is 4.42 Å². The molecular weight excluding hydrogens is 261 g/mol. The van der Waals surface area contributed by atoms with Crippen LogP contribution in [-0.4, -0.2) is 10.8 Å². The van der Waals surface area contributed by atoms with Crippen LogP contribution >= 0.6 is 0 Å². The molecule has 0 saturated carbocycles. The van der Waals surface area contributed by atoms with Crippen molar-refractivity contribution in [1.29, 1.82) is 0 Å². The summed E-state index contributed by atoms with van der Waals surface area (Å²) in [5.41, 5.74) is 2.07. The van der Waals surface area contributed by atoms with Crippen molar-refractivity contribution in [3.05, 3.63) is 70.0 Å². The number of carbonyl (C=O) groups is 1. The molecule has 0 amide bonds. The van der Waals surface area contributed by atoms with Crippen molar-refractivity contribution in [3.63, 3.8) is 0 Å². The van der Waals surface area contributed by atoms with Crippen LogP contribution in [0.4, 0.5) is 4.39 Å². The van der Waals surface area contributed by atoms with Gasteiger partial charge < -0.3 is 4.42 Å². The Labute approximate surface area is 112 Å². The summed E-state index contributed by atoms with van der Waals surface area (Å²) in [5.74, 6) is -1.01. The van der Waals surface area contributed by atoms with Crippen LogP contribution in [0.25, 0.3) is 11.1 Å². The third-order valence-electron chi connectivity index (χ3n) is 3.02. The lowest BCUT2D eigenvalue weighted by Crippen LogP contribution is -2.03. The molecule has 0 bridgehead atoms. The minimum Gasteiger partial charge on any atom is -0.408 e. The summed E-state index contributed by atoms with van der Waals surface area (Å²) in [6.45, 7) is 0. The van der Waals surface area contributed by atoms with Crippen LogP contribution in [0.3, 0.4) is 0 Å². The maximum absolute atomic E-state index is 12.8. The van der Waals surface area contributed by atoms with Gasteiger partial charge in [-0.05, 0) is 35.9 Å². The van der Waals surface area contributed by atoms with Gasteiger partial charge in [-0.15, -0.1) is 0 Å². The Balaban J connectivity index is 1.88. The number of aromatic nitrogens is 1. The fraction of sp³-hybridized carbons (Fsp3) is 0.0667. The Morgan fingerprint density at radius 2 is 1.90 bits per heavy atom. The number of nitrogens with one attached hydrogen (secondary N) is 1. The van der Waals surface area contributed by atoms with E-state index in [0.29, 0.717) is 16.7 Å². The number of hydrogen-bond donors (Lipinski definition) is 1. The van der Waals surface area contributed by atoms with Crippen LogP contribution in [0.2, 0.25) is 0 Å². The molecule has 100 valence electrons. The van der Waals surface area contributed by atoms with Crippen molar-refractivity contribution >= 4 is 16.9 Å². The number of oxazole rings is 1. The quantitative estimate of drug-likeness (QED) is 0.745. The minimum absolute atomic E-state index is 0.123. The highest BCUT2D eigenvalue weighted by Crippen LogP contribution is 2.15.